The van der Waals surface area contributed by atoms with E-state index in [9.17, 15) is 9.59 Å². The van der Waals surface area contributed by atoms with E-state index in [-0.39, 0.29) is 28.4 Å². The minimum atomic E-state index is -0.138. The summed E-state index contributed by atoms with van der Waals surface area (Å²) in [5.41, 5.74) is -0.0807. The highest BCUT2D eigenvalue weighted by molar-refractivity contribution is 5.95. The van der Waals surface area contributed by atoms with Gasteiger partial charge in [-0.1, -0.05) is 27.4 Å². The molecule has 2 heteroatoms. The molecule has 2 nitrogen and oxygen atoms in total. The third-order valence-electron chi connectivity index (χ3n) is 4.63. The van der Waals surface area contributed by atoms with Crippen molar-refractivity contribution in [3.63, 3.8) is 0 Å². The van der Waals surface area contributed by atoms with Crippen molar-refractivity contribution in [2.45, 2.75) is 40.0 Å². The summed E-state index contributed by atoms with van der Waals surface area (Å²) in [7, 11) is 0. The van der Waals surface area contributed by atoms with E-state index in [0.717, 1.165) is 12.8 Å². The number of carbonyl (C=O) groups excluding carboxylic acids is 2. The topological polar surface area (TPSA) is 34.1 Å². The van der Waals surface area contributed by atoms with Crippen LogP contribution in [0.3, 0.4) is 0 Å². The zero-order chi connectivity index (χ0) is 12.1. The second-order valence-corrected chi connectivity index (χ2v) is 6.41. The predicted molar refractivity (Wildman–Crippen MR) is 62.9 cm³/mol. The molecular formula is C14H20O2. The van der Waals surface area contributed by atoms with Crippen LogP contribution in [0.1, 0.15) is 40.0 Å². The van der Waals surface area contributed by atoms with Crippen molar-refractivity contribution in [2.75, 3.05) is 0 Å². The van der Waals surface area contributed by atoms with Crippen LogP contribution in [-0.2, 0) is 9.59 Å². The molecule has 88 valence electrons. The molecule has 3 atom stereocenters. The van der Waals surface area contributed by atoms with Crippen LogP contribution in [0.2, 0.25) is 0 Å². The molecule has 0 saturated heterocycles. The Morgan fingerprint density at radius 2 is 2.06 bits per heavy atom. The number of rotatable bonds is 2. The fourth-order valence-electron chi connectivity index (χ4n) is 4.00. The van der Waals surface area contributed by atoms with Crippen molar-refractivity contribution < 1.29 is 9.59 Å². The molecule has 3 fully saturated rings. The first-order valence-corrected chi connectivity index (χ1v) is 5.99. The van der Waals surface area contributed by atoms with Crippen LogP contribution in [-0.4, -0.2) is 11.6 Å². The van der Waals surface area contributed by atoms with Gasteiger partial charge in [0.25, 0.3) is 0 Å². The van der Waals surface area contributed by atoms with Crippen molar-refractivity contribution in [2.24, 2.45) is 22.7 Å². The molecule has 16 heavy (non-hydrogen) atoms. The summed E-state index contributed by atoms with van der Waals surface area (Å²) >= 11 is 0. The molecule has 0 radical (unpaired) electrons. The third kappa shape index (κ3) is 1.47. The van der Waals surface area contributed by atoms with Gasteiger partial charge in [0.2, 0.25) is 0 Å². The molecule has 3 aliphatic carbocycles. The van der Waals surface area contributed by atoms with Gasteiger partial charge in [0, 0.05) is 18.3 Å². The van der Waals surface area contributed by atoms with E-state index in [1.165, 1.54) is 6.08 Å². The first-order valence-electron chi connectivity index (χ1n) is 5.99. The smallest absolute Gasteiger partial charge is 0.158 e. The van der Waals surface area contributed by atoms with Crippen LogP contribution in [0, 0.1) is 22.7 Å². The van der Waals surface area contributed by atoms with Gasteiger partial charge in [0.05, 0.1) is 0 Å². The molecule has 0 amide bonds. The molecule has 3 unspecified atom stereocenters. The fourth-order valence-corrected chi connectivity index (χ4v) is 4.00. The number of hydrogen-bond acceptors (Lipinski definition) is 2. The summed E-state index contributed by atoms with van der Waals surface area (Å²) in [5, 5.41) is 0. The van der Waals surface area contributed by atoms with Crippen LogP contribution in [0.5, 0.6) is 0 Å². The van der Waals surface area contributed by atoms with Crippen LogP contribution < -0.4 is 0 Å². The third-order valence-corrected chi connectivity index (χ3v) is 4.63. The Labute approximate surface area is 97.1 Å². The van der Waals surface area contributed by atoms with Crippen molar-refractivity contribution in [3.05, 3.63) is 12.7 Å². The van der Waals surface area contributed by atoms with E-state index in [2.05, 4.69) is 27.4 Å². The zero-order valence-corrected chi connectivity index (χ0v) is 10.4. The van der Waals surface area contributed by atoms with E-state index < -0.39 is 0 Å². The zero-order valence-electron chi connectivity index (χ0n) is 10.4. The largest absolute Gasteiger partial charge is 0.299 e. The Morgan fingerprint density at radius 1 is 1.44 bits per heavy atom. The van der Waals surface area contributed by atoms with Gasteiger partial charge in [0.1, 0.15) is 5.78 Å². The SMILES string of the molecule is C=CC(=O)C1CC2C(=O)CC1(C)CC2(C)C. The molecule has 3 aliphatic rings. The number of ketones is 2. The quantitative estimate of drug-likeness (QED) is 0.671. The molecule has 0 aromatic carbocycles. The maximum atomic E-state index is 12.0. The van der Waals surface area contributed by atoms with E-state index in [4.69, 9.17) is 0 Å². The fraction of sp³-hybridized carbons (Fsp3) is 0.714. The number of Topliss-reactive ketones (excluding diaryl/α,β-unsaturated/α-hetero) is 1. The second-order valence-electron chi connectivity index (χ2n) is 6.41. The lowest BCUT2D eigenvalue weighted by Gasteiger charge is -2.56. The van der Waals surface area contributed by atoms with Crippen LogP contribution in [0.15, 0.2) is 12.7 Å². The van der Waals surface area contributed by atoms with Gasteiger partial charge in [0.15, 0.2) is 5.78 Å². The van der Waals surface area contributed by atoms with Gasteiger partial charge in [-0.15, -0.1) is 0 Å². The monoisotopic (exact) mass is 220 g/mol. The minimum Gasteiger partial charge on any atom is -0.299 e. The molecular weight excluding hydrogens is 200 g/mol. The highest BCUT2D eigenvalue weighted by Crippen LogP contribution is 2.59. The maximum Gasteiger partial charge on any atom is 0.158 e. The molecule has 2 bridgehead atoms. The Bertz CT molecular complexity index is 367. The van der Waals surface area contributed by atoms with Gasteiger partial charge < -0.3 is 0 Å². The first-order chi connectivity index (χ1) is 7.30. The standard InChI is InChI=1S/C14H20O2/c1-5-11(15)10-6-9-12(16)7-14(10,4)8-13(9,2)3/h5,9-10H,1,6-8H2,2-4H3. The first kappa shape index (κ1) is 11.6. The summed E-state index contributed by atoms with van der Waals surface area (Å²) in [5.74, 6) is 0.561. The Morgan fingerprint density at radius 3 is 2.50 bits per heavy atom. The summed E-state index contributed by atoms with van der Waals surface area (Å²) in [4.78, 5) is 23.8. The second kappa shape index (κ2) is 3.28. The van der Waals surface area contributed by atoms with Crippen molar-refractivity contribution in [3.8, 4) is 0 Å². The summed E-state index contributed by atoms with van der Waals surface area (Å²) in [6.45, 7) is 9.97. The molecule has 0 spiro atoms. The van der Waals surface area contributed by atoms with E-state index in [1.54, 1.807) is 0 Å². The van der Waals surface area contributed by atoms with Gasteiger partial charge in [-0.3, -0.25) is 9.59 Å². The lowest BCUT2D eigenvalue weighted by Crippen LogP contribution is -2.55. The Hall–Kier alpha value is -0.920. The lowest BCUT2D eigenvalue weighted by molar-refractivity contribution is -0.154. The van der Waals surface area contributed by atoms with Gasteiger partial charge in [-0.2, -0.15) is 0 Å². The number of hydrogen-bond donors (Lipinski definition) is 0. The summed E-state index contributed by atoms with van der Waals surface area (Å²) in [6.07, 6.45) is 3.70. The van der Waals surface area contributed by atoms with Crippen LogP contribution in [0.25, 0.3) is 0 Å². The van der Waals surface area contributed by atoms with Gasteiger partial charge in [-0.25, -0.2) is 0 Å². The van der Waals surface area contributed by atoms with Crippen LogP contribution in [0.4, 0.5) is 0 Å². The predicted octanol–water partition coefficient (Wildman–Crippen LogP) is 2.77. The van der Waals surface area contributed by atoms with Crippen molar-refractivity contribution in [1.82, 2.24) is 0 Å². The molecule has 0 aliphatic heterocycles. The van der Waals surface area contributed by atoms with E-state index >= 15 is 0 Å². The molecule has 0 aromatic heterocycles. The average molecular weight is 220 g/mol. The van der Waals surface area contributed by atoms with Gasteiger partial charge in [-0.05, 0) is 29.7 Å². The van der Waals surface area contributed by atoms with Crippen LogP contribution >= 0.6 is 0 Å². The highest BCUT2D eigenvalue weighted by Gasteiger charge is 2.57. The normalized spacial score (nSPS) is 40.8. The lowest BCUT2D eigenvalue weighted by atomic mass is 9.46. The molecule has 3 saturated carbocycles. The van der Waals surface area contributed by atoms with Gasteiger partial charge >= 0.3 is 0 Å². The Balaban J connectivity index is 2.37. The number of carbonyl (C=O) groups is 2. The highest BCUT2D eigenvalue weighted by atomic mass is 16.1. The van der Waals surface area contributed by atoms with E-state index in [1.807, 2.05) is 0 Å². The minimum absolute atomic E-state index is 0.0146. The summed E-state index contributed by atoms with van der Waals surface area (Å²) < 4.78 is 0. The molecule has 0 aromatic rings. The Kier molecular flexibility index (Phi) is 2.37. The van der Waals surface area contributed by atoms with E-state index in [0.29, 0.717) is 12.2 Å². The van der Waals surface area contributed by atoms with Crippen molar-refractivity contribution in [1.29, 1.82) is 0 Å². The maximum absolute atomic E-state index is 12.0. The number of allylic oxidation sites excluding steroid dienone is 1. The molecule has 3 rings (SSSR count). The number of fused-ring (bicyclic) bond motifs is 3. The molecule has 0 N–H and O–H groups in total. The average Bonchev–Trinajstić information content (AvgIpc) is 2.13. The summed E-state index contributed by atoms with van der Waals surface area (Å²) in [6, 6.07) is 0. The molecule has 0 heterocycles. The van der Waals surface area contributed by atoms with Crippen molar-refractivity contribution >= 4 is 11.6 Å².